The largest absolute Gasteiger partial charge is 0.371 e. The van der Waals surface area contributed by atoms with Crippen molar-refractivity contribution in [2.45, 2.75) is 53.0 Å². The minimum atomic E-state index is 0.405. The van der Waals surface area contributed by atoms with E-state index in [2.05, 4.69) is 62.2 Å². The average molecular weight is 274 g/mol. The Hall–Kier alpha value is -1.02. The lowest BCUT2D eigenvalue weighted by molar-refractivity contribution is 0.378. The summed E-state index contributed by atoms with van der Waals surface area (Å²) in [6.07, 6.45) is 3.76. The highest BCUT2D eigenvalue weighted by Crippen LogP contribution is 2.33. The number of hydrogen-bond donors (Lipinski definition) is 1. The van der Waals surface area contributed by atoms with Gasteiger partial charge in [-0.05, 0) is 42.9 Å². The molecule has 1 N–H and O–H groups in total. The fourth-order valence-electron chi connectivity index (χ4n) is 2.99. The summed E-state index contributed by atoms with van der Waals surface area (Å²) in [6, 6.07) is 9.48. The quantitative estimate of drug-likeness (QED) is 0.877. The Balaban J connectivity index is 2.19. The molecule has 2 rings (SSSR count). The van der Waals surface area contributed by atoms with Crippen LogP contribution in [0.25, 0.3) is 0 Å². The first kappa shape index (κ1) is 15.4. The fraction of sp³-hybridized carbons (Fsp3) is 0.667. The summed E-state index contributed by atoms with van der Waals surface area (Å²) in [5.74, 6) is 0. The lowest BCUT2D eigenvalue weighted by Crippen LogP contribution is -2.28. The highest BCUT2D eigenvalue weighted by Gasteiger charge is 2.22. The monoisotopic (exact) mass is 274 g/mol. The Morgan fingerprint density at radius 3 is 2.70 bits per heavy atom. The summed E-state index contributed by atoms with van der Waals surface area (Å²) in [4.78, 5) is 2.60. The number of nitrogens with one attached hydrogen (secondary N) is 1. The second-order valence-corrected chi connectivity index (χ2v) is 7.11. The number of rotatable bonds is 4. The summed E-state index contributed by atoms with van der Waals surface area (Å²) in [5, 5.41) is 3.65. The Labute approximate surface area is 124 Å². The average Bonchev–Trinajstić information content (AvgIpc) is 2.57. The van der Waals surface area contributed by atoms with Gasteiger partial charge in [-0.1, -0.05) is 45.9 Å². The third kappa shape index (κ3) is 3.99. The third-order valence-corrected chi connectivity index (χ3v) is 4.16. The van der Waals surface area contributed by atoms with Gasteiger partial charge in [0.25, 0.3) is 0 Å². The molecule has 2 nitrogen and oxygen atoms in total. The van der Waals surface area contributed by atoms with Gasteiger partial charge in [0.15, 0.2) is 0 Å². The maximum absolute atomic E-state index is 3.65. The summed E-state index contributed by atoms with van der Waals surface area (Å²) in [7, 11) is 0. The molecule has 20 heavy (non-hydrogen) atoms. The van der Waals surface area contributed by atoms with Gasteiger partial charge in [0, 0.05) is 24.8 Å². The molecule has 0 saturated carbocycles. The highest BCUT2D eigenvalue weighted by molar-refractivity contribution is 5.55. The number of nitrogens with zero attached hydrogens (tertiary/aromatic N) is 1. The van der Waals surface area contributed by atoms with Crippen LogP contribution < -0.4 is 10.2 Å². The van der Waals surface area contributed by atoms with E-state index in [9.17, 15) is 0 Å². The van der Waals surface area contributed by atoms with Crippen LogP contribution in [0.2, 0.25) is 0 Å². The zero-order valence-corrected chi connectivity index (χ0v) is 13.6. The van der Waals surface area contributed by atoms with Gasteiger partial charge in [0.1, 0.15) is 0 Å². The van der Waals surface area contributed by atoms with E-state index in [1.54, 1.807) is 0 Å². The van der Waals surface area contributed by atoms with Crippen molar-refractivity contribution in [2.75, 3.05) is 24.5 Å². The minimum Gasteiger partial charge on any atom is -0.371 e. The predicted molar refractivity (Wildman–Crippen MR) is 88.4 cm³/mol. The van der Waals surface area contributed by atoms with E-state index < -0.39 is 0 Å². The molecular formula is C18H30N2. The molecular weight excluding hydrogens is 244 g/mol. The van der Waals surface area contributed by atoms with Crippen LogP contribution in [0.4, 0.5) is 5.69 Å². The van der Waals surface area contributed by atoms with Crippen LogP contribution in [0.15, 0.2) is 24.3 Å². The molecule has 1 aromatic carbocycles. The number of benzene rings is 1. The molecule has 1 heterocycles. The van der Waals surface area contributed by atoms with Crippen molar-refractivity contribution < 1.29 is 0 Å². The topological polar surface area (TPSA) is 15.3 Å². The molecule has 1 aliphatic heterocycles. The second-order valence-electron chi connectivity index (χ2n) is 7.11. The van der Waals surface area contributed by atoms with Gasteiger partial charge in [0.2, 0.25) is 0 Å². The van der Waals surface area contributed by atoms with Crippen LogP contribution in [-0.2, 0) is 0 Å². The van der Waals surface area contributed by atoms with Crippen molar-refractivity contribution in [2.24, 2.45) is 5.41 Å². The van der Waals surface area contributed by atoms with Crippen molar-refractivity contribution in [3.05, 3.63) is 29.8 Å². The zero-order chi connectivity index (χ0) is 14.6. The van der Waals surface area contributed by atoms with Crippen molar-refractivity contribution in [1.29, 1.82) is 0 Å². The van der Waals surface area contributed by atoms with Gasteiger partial charge in [-0.25, -0.2) is 0 Å². The predicted octanol–water partition coefficient (Wildman–Crippen LogP) is 4.37. The lowest BCUT2D eigenvalue weighted by atomic mass is 9.92. The van der Waals surface area contributed by atoms with Gasteiger partial charge in [-0.15, -0.1) is 0 Å². The van der Waals surface area contributed by atoms with E-state index in [0.29, 0.717) is 11.5 Å². The minimum absolute atomic E-state index is 0.405. The van der Waals surface area contributed by atoms with Crippen LogP contribution in [0, 0.1) is 5.41 Å². The van der Waals surface area contributed by atoms with Crippen LogP contribution in [0.1, 0.15) is 58.6 Å². The summed E-state index contributed by atoms with van der Waals surface area (Å²) in [6.45, 7) is 12.6. The second kappa shape index (κ2) is 6.62. The SMILES string of the molecule is CCNC1CCCN(CCC(C)(C)C)c2ccccc21. The molecule has 0 aromatic heterocycles. The summed E-state index contributed by atoms with van der Waals surface area (Å²) in [5.41, 5.74) is 3.34. The number of para-hydroxylation sites is 1. The molecule has 1 aromatic rings. The van der Waals surface area contributed by atoms with E-state index in [-0.39, 0.29) is 0 Å². The van der Waals surface area contributed by atoms with Gasteiger partial charge < -0.3 is 10.2 Å². The standard InChI is InChI=1S/C18H30N2/c1-5-19-16-10-8-13-20(14-12-18(2,3)4)17-11-7-6-9-15(16)17/h6-7,9,11,16,19H,5,8,10,12-14H2,1-4H3. The Bertz CT molecular complexity index is 420. The Kier molecular flexibility index (Phi) is 5.09. The van der Waals surface area contributed by atoms with Gasteiger partial charge in [0.05, 0.1) is 0 Å². The highest BCUT2D eigenvalue weighted by atomic mass is 15.1. The van der Waals surface area contributed by atoms with Crippen LogP contribution >= 0.6 is 0 Å². The smallest absolute Gasteiger partial charge is 0.0414 e. The first-order valence-electron chi connectivity index (χ1n) is 8.08. The molecule has 0 amide bonds. The van der Waals surface area contributed by atoms with Gasteiger partial charge in [-0.2, -0.15) is 0 Å². The molecule has 1 atom stereocenters. The molecule has 0 bridgehead atoms. The number of hydrogen-bond acceptors (Lipinski definition) is 2. The maximum Gasteiger partial charge on any atom is 0.0414 e. The molecule has 0 radical (unpaired) electrons. The molecule has 1 unspecified atom stereocenters. The van der Waals surface area contributed by atoms with Gasteiger partial charge >= 0.3 is 0 Å². The normalized spacial score (nSPS) is 19.6. The summed E-state index contributed by atoms with van der Waals surface area (Å²) >= 11 is 0. The first-order valence-corrected chi connectivity index (χ1v) is 8.08. The summed E-state index contributed by atoms with van der Waals surface area (Å²) < 4.78 is 0. The van der Waals surface area contributed by atoms with Crippen molar-refractivity contribution in [3.63, 3.8) is 0 Å². The number of anilines is 1. The third-order valence-electron chi connectivity index (χ3n) is 4.16. The maximum atomic E-state index is 3.65. The molecule has 2 heteroatoms. The van der Waals surface area contributed by atoms with E-state index in [0.717, 1.165) is 6.54 Å². The Morgan fingerprint density at radius 2 is 2.00 bits per heavy atom. The number of fused-ring (bicyclic) bond motifs is 1. The zero-order valence-electron chi connectivity index (χ0n) is 13.6. The fourth-order valence-corrected chi connectivity index (χ4v) is 2.99. The van der Waals surface area contributed by atoms with Gasteiger partial charge in [-0.3, -0.25) is 0 Å². The molecule has 0 saturated heterocycles. The van der Waals surface area contributed by atoms with E-state index in [4.69, 9.17) is 0 Å². The molecule has 0 fully saturated rings. The van der Waals surface area contributed by atoms with Crippen molar-refractivity contribution in [3.8, 4) is 0 Å². The molecule has 0 aliphatic carbocycles. The lowest BCUT2D eigenvalue weighted by Gasteiger charge is -2.29. The van der Waals surface area contributed by atoms with E-state index in [1.165, 1.54) is 43.6 Å². The van der Waals surface area contributed by atoms with Crippen LogP contribution in [-0.4, -0.2) is 19.6 Å². The van der Waals surface area contributed by atoms with E-state index in [1.807, 2.05) is 0 Å². The van der Waals surface area contributed by atoms with Crippen LogP contribution in [0.3, 0.4) is 0 Å². The molecule has 0 spiro atoms. The van der Waals surface area contributed by atoms with Crippen molar-refractivity contribution >= 4 is 5.69 Å². The Morgan fingerprint density at radius 1 is 1.25 bits per heavy atom. The first-order chi connectivity index (χ1) is 9.51. The van der Waals surface area contributed by atoms with Crippen molar-refractivity contribution in [1.82, 2.24) is 5.32 Å². The molecule has 112 valence electrons. The van der Waals surface area contributed by atoms with Crippen LogP contribution in [0.5, 0.6) is 0 Å². The van der Waals surface area contributed by atoms with E-state index >= 15 is 0 Å². The molecule has 1 aliphatic rings.